The second-order valence-corrected chi connectivity index (χ2v) is 3.45. The Hall–Kier alpha value is 0.243. The Kier molecular flexibility index (Phi) is 24.5. The average molecular weight is 316 g/mol. The largest absolute Gasteiger partial charge is 3.00 e. The molecule has 0 saturated heterocycles. The van der Waals surface area contributed by atoms with Gasteiger partial charge in [-0.25, -0.2) is 0 Å². The van der Waals surface area contributed by atoms with Gasteiger partial charge in [0.2, 0.25) is 0 Å². The van der Waals surface area contributed by atoms with Gasteiger partial charge >= 0.3 is 26.2 Å². The Balaban J connectivity index is -0.000000240. The van der Waals surface area contributed by atoms with Crippen LogP contribution >= 0.6 is 0 Å². The summed E-state index contributed by atoms with van der Waals surface area (Å²) in [5.41, 5.74) is 1.46. The molecule has 17 heavy (non-hydrogen) atoms. The summed E-state index contributed by atoms with van der Waals surface area (Å²) < 4.78 is 0. The Morgan fingerprint density at radius 3 is 1.82 bits per heavy atom. The third-order valence-electron chi connectivity index (χ3n) is 1.93. The second-order valence-electron chi connectivity index (χ2n) is 3.45. The van der Waals surface area contributed by atoms with Gasteiger partial charge in [0.25, 0.3) is 0 Å². The molecule has 0 saturated carbocycles. The van der Waals surface area contributed by atoms with Gasteiger partial charge in [-0.2, -0.15) is 35.2 Å². The number of hydrogen-bond acceptors (Lipinski definition) is 0. The van der Waals surface area contributed by atoms with E-state index in [2.05, 4.69) is 41.1 Å². The maximum atomic E-state index is 4.28. The molecule has 0 heterocycles. The topological polar surface area (TPSA) is 42.3 Å². The molecule has 1 unspecified atom stereocenters. The summed E-state index contributed by atoms with van der Waals surface area (Å²) in [4.78, 5) is 0. The first-order valence-electron chi connectivity index (χ1n) is 5.62. The Labute approximate surface area is 127 Å². The fourth-order valence-corrected chi connectivity index (χ4v) is 1.32. The van der Waals surface area contributed by atoms with Crippen LogP contribution in [0.2, 0.25) is 0 Å². The molecule has 3 nitrogen and oxygen atoms in total. The summed E-state index contributed by atoms with van der Waals surface area (Å²) >= 11 is 0. The Morgan fingerprint density at radius 2 is 1.59 bits per heavy atom. The van der Waals surface area contributed by atoms with Crippen molar-refractivity contribution >= 4 is 0 Å². The van der Waals surface area contributed by atoms with Gasteiger partial charge in [0.15, 0.2) is 0 Å². The number of nitrogens with zero attached hydrogens (tertiary/aromatic N) is 3. The molecule has 1 rings (SSSR count). The number of hydrogen-bond donors (Lipinski definition) is 0. The molecule has 0 aromatic rings. The van der Waals surface area contributed by atoms with Crippen molar-refractivity contribution in [2.75, 3.05) is 35.2 Å². The SMILES string of the molecule is CCC([N-]C)C1=CC=CC1.C[N-]C.C[N-]C.[Zr+3]. The van der Waals surface area contributed by atoms with Crippen LogP contribution in [0.5, 0.6) is 0 Å². The van der Waals surface area contributed by atoms with Crippen LogP contribution < -0.4 is 0 Å². The van der Waals surface area contributed by atoms with Gasteiger partial charge in [-0.1, -0.05) is 37.1 Å². The fourth-order valence-electron chi connectivity index (χ4n) is 1.32. The molecule has 1 radical (unpaired) electrons. The average Bonchev–Trinajstić information content (AvgIpc) is 2.76. The van der Waals surface area contributed by atoms with Crippen LogP contribution in [0.15, 0.2) is 23.8 Å². The zero-order chi connectivity index (χ0) is 12.8. The minimum atomic E-state index is 0. The summed E-state index contributed by atoms with van der Waals surface area (Å²) in [5.74, 6) is 0. The van der Waals surface area contributed by atoms with Crippen LogP contribution in [0.25, 0.3) is 16.0 Å². The smallest absolute Gasteiger partial charge is 0.668 e. The van der Waals surface area contributed by atoms with Gasteiger partial charge in [-0.3, -0.25) is 0 Å². The van der Waals surface area contributed by atoms with E-state index >= 15 is 0 Å². The fraction of sp³-hybridized carbons (Fsp3) is 0.692. The zero-order valence-electron chi connectivity index (χ0n) is 12.1. The molecule has 4 heteroatoms. The van der Waals surface area contributed by atoms with Gasteiger partial charge in [0.05, 0.1) is 0 Å². The molecule has 1 aliphatic rings. The van der Waals surface area contributed by atoms with E-state index in [0.717, 1.165) is 12.8 Å². The van der Waals surface area contributed by atoms with Gasteiger partial charge < -0.3 is 16.0 Å². The molecular formula is C13H26N3Zr. The van der Waals surface area contributed by atoms with Gasteiger partial charge in [-0.05, 0) is 6.42 Å². The standard InChI is InChI=1S/C9H14N.2C2H6N.Zr/c1-3-9(10-2)8-6-4-5-7-8;2*1-3-2;/h4-6,9H,3,7H2,1-2H3;2*1-2H3;/q3*-1;+3. The molecule has 97 valence electrons. The van der Waals surface area contributed by atoms with E-state index in [1.54, 1.807) is 28.2 Å². The molecular weight excluding hydrogens is 289 g/mol. The third kappa shape index (κ3) is 14.2. The minimum absolute atomic E-state index is 0. The van der Waals surface area contributed by atoms with E-state index < -0.39 is 0 Å². The van der Waals surface area contributed by atoms with Crippen molar-refractivity contribution < 1.29 is 26.2 Å². The molecule has 1 atom stereocenters. The predicted molar refractivity (Wildman–Crippen MR) is 75.6 cm³/mol. The normalized spacial score (nSPS) is 13.4. The van der Waals surface area contributed by atoms with Crippen LogP contribution in [0, 0.1) is 0 Å². The zero-order valence-corrected chi connectivity index (χ0v) is 14.5. The van der Waals surface area contributed by atoms with E-state index in [4.69, 9.17) is 0 Å². The molecule has 0 N–H and O–H groups in total. The van der Waals surface area contributed by atoms with E-state index in [0.29, 0.717) is 6.04 Å². The number of likely N-dealkylation sites (N-methyl/N-ethyl adjacent to an activating group) is 1. The van der Waals surface area contributed by atoms with Crippen LogP contribution in [0.3, 0.4) is 0 Å². The molecule has 0 spiro atoms. The predicted octanol–water partition coefficient (Wildman–Crippen LogP) is 3.89. The van der Waals surface area contributed by atoms with Crippen molar-refractivity contribution in [3.05, 3.63) is 39.8 Å². The van der Waals surface area contributed by atoms with Crippen molar-refractivity contribution in [1.82, 2.24) is 0 Å². The monoisotopic (exact) mass is 314 g/mol. The number of allylic oxidation sites excluding steroid dienone is 3. The van der Waals surface area contributed by atoms with E-state index in [-0.39, 0.29) is 26.2 Å². The quantitative estimate of drug-likeness (QED) is 0.758. The van der Waals surface area contributed by atoms with E-state index in [1.807, 2.05) is 7.05 Å². The van der Waals surface area contributed by atoms with E-state index in [1.165, 1.54) is 5.57 Å². The van der Waals surface area contributed by atoms with Crippen molar-refractivity contribution in [1.29, 1.82) is 0 Å². The first-order valence-corrected chi connectivity index (χ1v) is 5.62. The van der Waals surface area contributed by atoms with Crippen molar-refractivity contribution in [2.24, 2.45) is 0 Å². The molecule has 0 bridgehead atoms. The first kappa shape index (κ1) is 22.4. The summed E-state index contributed by atoms with van der Waals surface area (Å²) in [6.07, 6.45) is 8.72. The maximum absolute atomic E-state index is 4.28. The number of rotatable bonds is 3. The summed E-state index contributed by atoms with van der Waals surface area (Å²) in [7, 11) is 8.90. The van der Waals surface area contributed by atoms with Crippen LogP contribution in [0.4, 0.5) is 0 Å². The van der Waals surface area contributed by atoms with E-state index in [9.17, 15) is 0 Å². The maximum Gasteiger partial charge on any atom is 3.00 e. The van der Waals surface area contributed by atoms with Gasteiger partial charge in [0, 0.05) is 0 Å². The summed E-state index contributed by atoms with van der Waals surface area (Å²) in [5, 5.41) is 11.3. The molecule has 1 aliphatic carbocycles. The molecule has 0 aromatic heterocycles. The first-order chi connectivity index (χ1) is 7.71. The Bertz CT molecular complexity index is 185. The van der Waals surface area contributed by atoms with Gasteiger partial charge in [-0.15, -0.1) is 6.04 Å². The minimum Gasteiger partial charge on any atom is -0.668 e. The molecule has 0 amide bonds. The van der Waals surface area contributed by atoms with Crippen molar-refractivity contribution in [3.63, 3.8) is 0 Å². The third-order valence-corrected chi connectivity index (χ3v) is 1.93. The summed E-state index contributed by atoms with van der Waals surface area (Å²) in [6.45, 7) is 2.18. The summed E-state index contributed by atoms with van der Waals surface area (Å²) in [6, 6.07) is 0.468. The molecule has 0 aromatic carbocycles. The van der Waals surface area contributed by atoms with Crippen LogP contribution in [-0.4, -0.2) is 41.3 Å². The van der Waals surface area contributed by atoms with Gasteiger partial charge in [0.1, 0.15) is 0 Å². The van der Waals surface area contributed by atoms with Crippen LogP contribution in [-0.2, 0) is 26.2 Å². The van der Waals surface area contributed by atoms with Crippen molar-refractivity contribution in [3.8, 4) is 0 Å². The molecule has 0 fully saturated rings. The Morgan fingerprint density at radius 1 is 1.12 bits per heavy atom. The second kappa shape index (κ2) is 18.6. The van der Waals surface area contributed by atoms with Crippen molar-refractivity contribution in [2.45, 2.75) is 25.8 Å². The van der Waals surface area contributed by atoms with Crippen LogP contribution in [0.1, 0.15) is 19.8 Å². The molecule has 0 aliphatic heterocycles.